The van der Waals surface area contributed by atoms with Crippen molar-refractivity contribution in [1.29, 1.82) is 5.26 Å². The van der Waals surface area contributed by atoms with Crippen molar-refractivity contribution in [3.05, 3.63) is 18.0 Å². The second-order valence-electron chi connectivity index (χ2n) is 1.97. The van der Waals surface area contributed by atoms with Crippen LogP contribution < -0.4 is 0 Å². The molecule has 52 valence electrons. The summed E-state index contributed by atoms with van der Waals surface area (Å²) in [5.74, 6) is 0. The lowest BCUT2D eigenvalue weighted by atomic mass is 10.3. The molecule has 0 spiro atoms. The lowest BCUT2D eigenvalue weighted by Gasteiger charge is -1.97. The van der Waals surface area contributed by atoms with E-state index < -0.39 is 0 Å². The molecule has 0 aromatic carbocycles. The minimum atomic E-state index is 0.452. The number of aryl methyl sites for hydroxylation is 1. The van der Waals surface area contributed by atoms with Crippen LogP contribution in [0, 0.1) is 11.3 Å². The van der Waals surface area contributed by atoms with Gasteiger partial charge in [-0.3, -0.25) is 4.68 Å². The van der Waals surface area contributed by atoms with E-state index in [4.69, 9.17) is 5.26 Å². The summed E-state index contributed by atoms with van der Waals surface area (Å²) in [6.45, 7) is 2.85. The van der Waals surface area contributed by atoms with Gasteiger partial charge in [-0.25, -0.2) is 0 Å². The molecule has 0 aliphatic carbocycles. The molecule has 0 atom stereocenters. The third kappa shape index (κ3) is 1.16. The molecule has 0 saturated heterocycles. The first kappa shape index (κ1) is 6.81. The minimum absolute atomic E-state index is 0.452. The standard InChI is InChI=1S/C7H9N3/c1-2-10-7(3-5-8)4-6-9-10/h4,6H,2-3H2,1H3. The van der Waals surface area contributed by atoms with Gasteiger partial charge in [0.05, 0.1) is 18.2 Å². The van der Waals surface area contributed by atoms with Crippen LogP contribution >= 0.6 is 0 Å². The van der Waals surface area contributed by atoms with Gasteiger partial charge in [0.2, 0.25) is 0 Å². The van der Waals surface area contributed by atoms with E-state index in [9.17, 15) is 0 Å². The van der Waals surface area contributed by atoms with E-state index >= 15 is 0 Å². The molecule has 0 N–H and O–H groups in total. The number of hydrogen-bond acceptors (Lipinski definition) is 2. The van der Waals surface area contributed by atoms with Crippen LogP contribution in [0.2, 0.25) is 0 Å². The van der Waals surface area contributed by atoms with E-state index in [1.807, 2.05) is 17.7 Å². The minimum Gasteiger partial charge on any atom is -0.269 e. The molecule has 10 heavy (non-hydrogen) atoms. The summed E-state index contributed by atoms with van der Waals surface area (Å²) in [4.78, 5) is 0. The fourth-order valence-electron chi connectivity index (χ4n) is 0.876. The predicted molar refractivity (Wildman–Crippen MR) is 37.2 cm³/mol. The maximum atomic E-state index is 8.37. The summed E-state index contributed by atoms with van der Waals surface area (Å²) >= 11 is 0. The number of rotatable bonds is 2. The molecule has 1 heterocycles. The average molecular weight is 135 g/mol. The quantitative estimate of drug-likeness (QED) is 0.606. The van der Waals surface area contributed by atoms with Crippen molar-refractivity contribution in [2.24, 2.45) is 0 Å². The number of nitrogens with zero attached hydrogens (tertiary/aromatic N) is 3. The van der Waals surface area contributed by atoms with Crippen molar-refractivity contribution in [1.82, 2.24) is 9.78 Å². The van der Waals surface area contributed by atoms with Gasteiger partial charge in [0.15, 0.2) is 0 Å². The summed E-state index contributed by atoms with van der Waals surface area (Å²) in [6, 6.07) is 3.95. The molecule has 0 radical (unpaired) electrons. The molecule has 0 bridgehead atoms. The van der Waals surface area contributed by atoms with E-state index in [0.29, 0.717) is 6.42 Å². The Labute approximate surface area is 59.9 Å². The van der Waals surface area contributed by atoms with E-state index in [1.54, 1.807) is 6.20 Å². The highest BCUT2D eigenvalue weighted by molar-refractivity contribution is 5.05. The van der Waals surface area contributed by atoms with E-state index in [-0.39, 0.29) is 0 Å². The van der Waals surface area contributed by atoms with Crippen LogP contribution in [0.5, 0.6) is 0 Å². The highest BCUT2D eigenvalue weighted by Crippen LogP contribution is 1.97. The maximum Gasteiger partial charge on any atom is 0.0771 e. The molecule has 0 fully saturated rings. The van der Waals surface area contributed by atoms with Gasteiger partial charge in [-0.2, -0.15) is 10.4 Å². The molecule has 0 aliphatic rings. The second-order valence-corrected chi connectivity index (χ2v) is 1.97. The fourth-order valence-corrected chi connectivity index (χ4v) is 0.876. The van der Waals surface area contributed by atoms with Crippen molar-refractivity contribution in [3.63, 3.8) is 0 Å². The predicted octanol–water partition coefficient (Wildman–Crippen LogP) is 0.969. The molecule has 3 nitrogen and oxygen atoms in total. The van der Waals surface area contributed by atoms with Crippen LogP contribution in [0.3, 0.4) is 0 Å². The van der Waals surface area contributed by atoms with Gasteiger partial charge >= 0.3 is 0 Å². The van der Waals surface area contributed by atoms with E-state index in [0.717, 1.165) is 12.2 Å². The van der Waals surface area contributed by atoms with Crippen LogP contribution in [0.25, 0.3) is 0 Å². The van der Waals surface area contributed by atoms with E-state index in [1.165, 1.54) is 0 Å². The van der Waals surface area contributed by atoms with Gasteiger partial charge in [0.1, 0.15) is 0 Å². The number of hydrogen-bond donors (Lipinski definition) is 0. The van der Waals surface area contributed by atoms with Gasteiger partial charge < -0.3 is 0 Å². The first-order chi connectivity index (χ1) is 4.88. The van der Waals surface area contributed by atoms with E-state index in [2.05, 4.69) is 11.2 Å². The Hall–Kier alpha value is -1.30. The third-order valence-corrected chi connectivity index (χ3v) is 1.36. The largest absolute Gasteiger partial charge is 0.269 e. The smallest absolute Gasteiger partial charge is 0.0771 e. The topological polar surface area (TPSA) is 41.6 Å². The Kier molecular flexibility index (Phi) is 2.06. The maximum absolute atomic E-state index is 8.37. The molecular formula is C7H9N3. The highest BCUT2D eigenvalue weighted by atomic mass is 15.3. The molecule has 1 aromatic heterocycles. The molecule has 0 aliphatic heterocycles. The van der Waals surface area contributed by atoms with Crippen LogP contribution in [-0.4, -0.2) is 9.78 Å². The summed E-state index contributed by atoms with van der Waals surface area (Å²) in [5.41, 5.74) is 0.991. The third-order valence-electron chi connectivity index (χ3n) is 1.36. The molecule has 0 unspecified atom stereocenters. The van der Waals surface area contributed by atoms with Crippen molar-refractivity contribution < 1.29 is 0 Å². The van der Waals surface area contributed by atoms with Crippen LogP contribution in [0.1, 0.15) is 12.6 Å². The summed E-state index contributed by atoms with van der Waals surface area (Å²) in [6.07, 6.45) is 2.17. The fraction of sp³-hybridized carbons (Fsp3) is 0.429. The summed E-state index contributed by atoms with van der Waals surface area (Å²) in [7, 11) is 0. The molecule has 1 rings (SSSR count). The average Bonchev–Trinajstić information content (AvgIpc) is 2.36. The molecule has 0 saturated carbocycles. The van der Waals surface area contributed by atoms with Crippen molar-refractivity contribution >= 4 is 0 Å². The Morgan fingerprint density at radius 1 is 1.80 bits per heavy atom. The number of nitriles is 1. The van der Waals surface area contributed by atoms with Crippen molar-refractivity contribution in [2.75, 3.05) is 0 Å². The van der Waals surface area contributed by atoms with Crippen LogP contribution in [0.4, 0.5) is 0 Å². The zero-order valence-corrected chi connectivity index (χ0v) is 5.91. The van der Waals surface area contributed by atoms with Gasteiger partial charge in [0, 0.05) is 12.7 Å². The lowest BCUT2D eigenvalue weighted by molar-refractivity contribution is 0.633. The zero-order chi connectivity index (χ0) is 7.40. The Morgan fingerprint density at radius 3 is 3.20 bits per heavy atom. The molecular weight excluding hydrogens is 126 g/mol. The first-order valence-electron chi connectivity index (χ1n) is 3.26. The molecule has 3 heteroatoms. The lowest BCUT2D eigenvalue weighted by Crippen LogP contribution is -2.00. The number of aromatic nitrogens is 2. The second kappa shape index (κ2) is 3.02. The van der Waals surface area contributed by atoms with Gasteiger partial charge in [-0.15, -0.1) is 0 Å². The monoisotopic (exact) mass is 135 g/mol. The summed E-state index contributed by atoms with van der Waals surface area (Å²) in [5, 5.41) is 12.4. The first-order valence-corrected chi connectivity index (χ1v) is 3.26. The Morgan fingerprint density at radius 2 is 2.60 bits per heavy atom. The van der Waals surface area contributed by atoms with Crippen LogP contribution in [-0.2, 0) is 13.0 Å². The van der Waals surface area contributed by atoms with Crippen molar-refractivity contribution in [3.8, 4) is 6.07 Å². The highest BCUT2D eigenvalue weighted by Gasteiger charge is 1.96. The van der Waals surface area contributed by atoms with Gasteiger partial charge in [-0.05, 0) is 13.0 Å². The molecule has 1 aromatic rings. The zero-order valence-electron chi connectivity index (χ0n) is 5.91. The van der Waals surface area contributed by atoms with Gasteiger partial charge in [0.25, 0.3) is 0 Å². The Balaban J connectivity index is 2.82. The van der Waals surface area contributed by atoms with Crippen LogP contribution in [0.15, 0.2) is 12.3 Å². The normalized spacial score (nSPS) is 9.20. The van der Waals surface area contributed by atoms with Crippen molar-refractivity contribution in [2.45, 2.75) is 19.9 Å². The molecule has 0 amide bonds. The summed E-state index contributed by atoms with van der Waals surface area (Å²) < 4.78 is 1.82. The Bertz CT molecular complexity index is 244. The van der Waals surface area contributed by atoms with Gasteiger partial charge in [-0.1, -0.05) is 0 Å². The SMILES string of the molecule is CCn1nccc1CC#N.